The van der Waals surface area contributed by atoms with Gasteiger partial charge in [0.15, 0.2) is 11.5 Å². The van der Waals surface area contributed by atoms with Gasteiger partial charge in [-0.2, -0.15) is 13.2 Å². The molecule has 0 bridgehead atoms. The molecule has 0 saturated heterocycles. The molecule has 3 aromatic rings. The van der Waals surface area contributed by atoms with Crippen molar-refractivity contribution in [3.63, 3.8) is 0 Å². The van der Waals surface area contributed by atoms with Crippen molar-refractivity contribution in [3.8, 4) is 0 Å². The first-order valence-electron chi connectivity index (χ1n) is 10.5. The lowest BCUT2D eigenvalue weighted by Gasteiger charge is -2.27. The molecular weight excluding hydrogens is 477 g/mol. The standard InChI is InChI=1S/C26H17F3N2O5/c27-26(28,29)17-9-6-10-18(15-17)30-23(19-11-4-5-12-20(19)31(35)36)22(24(33)25(30)34)21(32)14-13-16-7-2-1-3-8-16/h1-15,23,33H/b14-13+/t23-/m1/s1. The van der Waals surface area contributed by atoms with Crippen molar-refractivity contribution < 1.29 is 32.8 Å². The lowest BCUT2D eigenvalue weighted by molar-refractivity contribution is -0.385. The zero-order chi connectivity index (χ0) is 26.0. The van der Waals surface area contributed by atoms with Crippen LogP contribution in [0, 0.1) is 10.1 Å². The molecule has 1 amide bonds. The van der Waals surface area contributed by atoms with E-state index in [1.807, 2.05) is 0 Å². The van der Waals surface area contributed by atoms with Crippen LogP contribution >= 0.6 is 0 Å². The number of ketones is 1. The summed E-state index contributed by atoms with van der Waals surface area (Å²) in [5.41, 5.74) is -1.84. The van der Waals surface area contributed by atoms with Crippen molar-refractivity contribution in [1.82, 2.24) is 0 Å². The van der Waals surface area contributed by atoms with Crippen molar-refractivity contribution in [1.29, 1.82) is 0 Å². The van der Waals surface area contributed by atoms with E-state index >= 15 is 0 Å². The summed E-state index contributed by atoms with van der Waals surface area (Å²) in [4.78, 5) is 38.1. The minimum Gasteiger partial charge on any atom is -0.503 e. The van der Waals surface area contributed by atoms with Gasteiger partial charge in [-0.1, -0.05) is 54.6 Å². The molecule has 10 heteroatoms. The summed E-state index contributed by atoms with van der Waals surface area (Å²) in [7, 11) is 0. The average Bonchev–Trinajstić information content (AvgIpc) is 3.13. The number of halogens is 3. The summed E-state index contributed by atoms with van der Waals surface area (Å²) >= 11 is 0. The molecule has 0 radical (unpaired) electrons. The van der Waals surface area contributed by atoms with Crippen LogP contribution < -0.4 is 4.90 Å². The molecule has 0 saturated carbocycles. The maximum atomic E-state index is 13.4. The summed E-state index contributed by atoms with van der Waals surface area (Å²) < 4.78 is 40.1. The Kier molecular flexibility index (Phi) is 6.43. The van der Waals surface area contributed by atoms with Crippen LogP contribution in [0.25, 0.3) is 6.08 Å². The number of nitrogens with zero attached hydrogens (tertiary/aromatic N) is 2. The van der Waals surface area contributed by atoms with E-state index in [4.69, 9.17) is 0 Å². The molecule has 1 N–H and O–H groups in total. The minimum atomic E-state index is -4.74. The zero-order valence-corrected chi connectivity index (χ0v) is 18.3. The number of aliphatic hydroxyl groups is 1. The van der Waals surface area contributed by atoms with Crippen molar-refractivity contribution >= 4 is 29.1 Å². The largest absolute Gasteiger partial charge is 0.503 e. The van der Waals surface area contributed by atoms with Gasteiger partial charge in [0.05, 0.1) is 21.6 Å². The summed E-state index contributed by atoms with van der Waals surface area (Å²) in [5.74, 6) is -2.99. The quantitative estimate of drug-likeness (QED) is 0.265. The number of hydrogen-bond donors (Lipinski definition) is 1. The Bertz CT molecular complexity index is 1410. The Morgan fingerprint density at radius 1 is 1.00 bits per heavy atom. The van der Waals surface area contributed by atoms with Crippen LogP contribution in [0.1, 0.15) is 22.7 Å². The SMILES string of the molecule is O=C(/C=C/c1ccccc1)C1=C(O)C(=O)N(c2cccc(C(F)(F)F)c2)[C@@H]1c1ccccc1[N+](=O)[O-]. The lowest BCUT2D eigenvalue weighted by atomic mass is 9.94. The smallest absolute Gasteiger partial charge is 0.416 e. The van der Waals surface area contributed by atoms with Gasteiger partial charge in [-0.25, -0.2) is 0 Å². The van der Waals surface area contributed by atoms with Crippen LogP contribution in [-0.2, 0) is 15.8 Å². The van der Waals surface area contributed by atoms with E-state index < -0.39 is 51.4 Å². The predicted octanol–water partition coefficient (Wildman–Crippen LogP) is 5.80. The second-order valence-corrected chi connectivity index (χ2v) is 7.81. The van der Waals surface area contributed by atoms with E-state index in [-0.39, 0.29) is 11.3 Å². The first-order chi connectivity index (χ1) is 17.1. The fraction of sp³-hybridized carbons (Fsp3) is 0.0769. The third kappa shape index (κ3) is 4.61. The number of benzene rings is 3. The van der Waals surface area contributed by atoms with E-state index in [9.17, 15) is 38.0 Å². The zero-order valence-electron chi connectivity index (χ0n) is 18.3. The molecule has 1 aliphatic heterocycles. The van der Waals surface area contributed by atoms with E-state index in [0.29, 0.717) is 11.6 Å². The molecule has 1 atom stereocenters. The van der Waals surface area contributed by atoms with Gasteiger partial charge in [0.25, 0.3) is 11.6 Å². The van der Waals surface area contributed by atoms with Gasteiger partial charge >= 0.3 is 6.18 Å². The first-order valence-corrected chi connectivity index (χ1v) is 10.5. The first kappa shape index (κ1) is 24.4. The Labute approximate surface area is 202 Å². The van der Waals surface area contributed by atoms with E-state index in [1.165, 1.54) is 30.3 Å². The molecule has 1 aliphatic rings. The average molecular weight is 494 g/mol. The van der Waals surface area contributed by atoms with Crippen LogP contribution in [0.2, 0.25) is 0 Å². The molecule has 0 aliphatic carbocycles. The maximum Gasteiger partial charge on any atom is 0.416 e. The number of allylic oxidation sites excluding steroid dienone is 1. The number of nitro groups is 1. The van der Waals surface area contributed by atoms with Crippen molar-refractivity contribution in [3.05, 3.63) is 123 Å². The Morgan fingerprint density at radius 2 is 1.67 bits per heavy atom. The topological polar surface area (TPSA) is 101 Å². The summed E-state index contributed by atoms with van der Waals surface area (Å²) in [6.45, 7) is 0. The third-order valence-electron chi connectivity index (χ3n) is 5.58. The van der Waals surface area contributed by atoms with Crippen LogP contribution in [0.4, 0.5) is 24.5 Å². The molecule has 36 heavy (non-hydrogen) atoms. The second kappa shape index (κ2) is 9.49. The van der Waals surface area contributed by atoms with Gasteiger partial charge in [-0.05, 0) is 35.9 Å². The molecule has 0 aromatic heterocycles. The summed E-state index contributed by atoms with van der Waals surface area (Å²) in [6, 6.07) is 16.0. The van der Waals surface area contributed by atoms with Crippen molar-refractivity contribution in [2.75, 3.05) is 4.90 Å². The summed E-state index contributed by atoms with van der Waals surface area (Å²) in [5, 5.41) is 22.4. The van der Waals surface area contributed by atoms with E-state index in [1.54, 1.807) is 30.3 Å². The summed E-state index contributed by atoms with van der Waals surface area (Å²) in [6.07, 6.45) is -2.22. The number of carbonyl (C=O) groups is 2. The van der Waals surface area contributed by atoms with Crippen LogP contribution in [-0.4, -0.2) is 21.7 Å². The van der Waals surface area contributed by atoms with Crippen molar-refractivity contribution in [2.24, 2.45) is 0 Å². The van der Waals surface area contributed by atoms with Gasteiger partial charge in [-0.3, -0.25) is 24.6 Å². The Morgan fingerprint density at radius 3 is 2.33 bits per heavy atom. The molecule has 4 rings (SSSR count). The number of hydrogen-bond acceptors (Lipinski definition) is 5. The van der Waals surface area contributed by atoms with Gasteiger partial charge in [0, 0.05) is 11.8 Å². The number of nitro benzene ring substituents is 1. The van der Waals surface area contributed by atoms with Crippen LogP contribution in [0.5, 0.6) is 0 Å². The number of amides is 1. The predicted molar refractivity (Wildman–Crippen MR) is 125 cm³/mol. The Balaban J connectivity index is 1.88. The lowest BCUT2D eigenvalue weighted by Crippen LogP contribution is -2.31. The fourth-order valence-corrected chi connectivity index (χ4v) is 3.96. The normalized spacial score (nSPS) is 16.1. The monoisotopic (exact) mass is 494 g/mol. The number of para-hydroxylation sites is 1. The van der Waals surface area contributed by atoms with Crippen LogP contribution in [0.3, 0.4) is 0 Å². The number of alkyl halides is 3. The molecule has 7 nitrogen and oxygen atoms in total. The van der Waals surface area contributed by atoms with Gasteiger partial charge < -0.3 is 5.11 Å². The van der Waals surface area contributed by atoms with Crippen LogP contribution in [0.15, 0.2) is 96.3 Å². The van der Waals surface area contributed by atoms with E-state index in [0.717, 1.165) is 29.2 Å². The molecule has 0 spiro atoms. The number of aliphatic hydroxyl groups excluding tert-OH is 1. The van der Waals surface area contributed by atoms with Gasteiger partial charge in [0.2, 0.25) is 0 Å². The van der Waals surface area contributed by atoms with Gasteiger partial charge in [-0.15, -0.1) is 0 Å². The Hall–Kier alpha value is -4.73. The van der Waals surface area contributed by atoms with Crippen molar-refractivity contribution in [2.45, 2.75) is 12.2 Å². The number of carbonyl (C=O) groups excluding carboxylic acids is 2. The molecule has 0 unspecified atom stereocenters. The highest BCUT2D eigenvalue weighted by atomic mass is 19.4. The second-order valence-electron chi connectivity index (χ2n) is 7.81. The van der Waals surface area contributed by atoms with Gasteiger partial charge in [0.1, 0.15) is 6.04 Å². The number of anilines is 1. The fourth-order valence-electron chi connectivity index (χ4n) is 3.96. The molecule has 1 heterocycles. The minimum absolute atomic E-state index is 0.145. The van der Waals surface area contributed by atoms with E-state index in [2.05, 4.69) is 0 Å². The molecule has 3 aromatic carbocycles. The molecule has 182 valence electrons. The highest BCUT2D eigenvalue weighted by molar-refractivity contribution is 6.20. The molecular formula is C26H17F3N2O5. The third-order valence-corrected chi connectivity index (χ3v) is 5.58. The maximum absolute atomic E-state index is 13.4. The highest BCUT2D eigenvalue weighted by Gasteiger charge is 2.46. The molecule has 0 fully saturated rings. The number of rotatable bonds is 6. The highest BCUT2D eigenvalue weighted by Crippen LogP contribution is 2.44.